The predicted molar refractivity (Wildman–Crippen MR) is 117 cm³/mol. The molecular weight excluding hydrogens is 418 g/mol. The largest absolute Gasteiger partial charge is 0.497 e. The lowest BCUT2D eigenvalue weighted by Gasteiger charge is -2.16. The standard InChI is InChI=1S/C22H22ClN5O3/c1-30-16-5-7-17(8-6-16)31-19-9-4-15(12-24-19)13-25-21(29)20-18(23)14-26-22(27-20)28-10-2-3-11-28/h4-9,12,14H,2-3,10-11,13H2,1H3,(H,25,29). The highest BCUT2D eigenvalue weighted by Gasteiger charge is 2.19. The maximum atomic E-state index is 12.6. The Kier molecular flexibility index (Phi) is 6.47. The third-order valence-electron chi connectivity index (χ3n) is 4.87. The van der Waals surface area contributed by atoms with Crippen LogP contribution in [0.3, 0.4) is 0 Å². The summed E-state index contributed by atoms with van der Waals surface area (Å²) >= 11 is 6.16. The van der Waals surface area contributed by atoms with Crippen molar-refractivity contribution in [2.45, 2.75) is 19.4 Å². The molecule has 160 valence electrons. The van der Waals surface area contributed by atoms with Crippen molar-refractivity contribution >= 4 is 23.5 Å². The molecule has 0 radical (unpaired) electrons. The second kappa shape index (κ2) is 9.61. The summed E-state index contributed by atoms with van der Waals surface area (Å²) in [5.74, 6) is 2.04. The number of pyridine rings is 1. The molecule has 4 rings (SSSR count). The van der Waals surface area contributed by atoms with Crippen molar-refractivity contribution in [1.29, 1.82) is 0 Å². The molecule has 31 heavy (non-hydrogen) atoms. The van der Waals surface area contributed by atoms with Crippen LogP contribution in [0, 0.1) is 0 Å². The number of rotatable bonds is 7. The van der Waals surface area contributed by atoms with E-state index in [1.165, 1.54) is 6.20 Å². The Morgan fingerprint density at radius 1 is 1.06 bits per heavy atom. The van der Waals surface area contributed by atoms with Crippen LogP contribution in [0.25, 0.3) is 0 Å². The Morgan fingerprint density at radius 3 is 2.48 bits per heavy atom. The molecule has 1 amide bonds. The van der Waals surface area contributed by atoms with Crippen molar-refractivity contribution in [2.24, 2.45) is 0 Å². The van der Waals surface area contributed by atoms with Crippen LogP contribution in [0.1, 0.15) is 28.9 Å². The number of carbonyl (C=O) groups excluding carboxylic acids is 1. The van der Waals surface area contributed by atoms with Crippen LogP contribution in [0.15, 0.2) is 48.8 Å². The Morgan fingerprint density at radius 2 is 1.81 bits per heavy atom. The average molecular weight is 440 g/mol. The van der Waals surface area contributed by atoms with E-state index in [2.05, 4.69) is 25.2 Å². The lowest BCUT2D eigenvalue weighted by molar-refractivity contribution is 0.0946. The Labute approximate surface area is 185 Å². The molecule has 1 saturated heterocycles. The first kappa shape index (κ1) is 20.9. The molecule has 1 aliphatic heterocycles. The summed E-state index contributed by atoms with van der Waals surface area (Å²) in [5, 5.41) is 3.05. The number of methoxy groups -OCH3 is 1. The SMILES string of the molecule is COc1ccc(Oc2ccc(CNC(=O)c3nc(N4CCCC4)ncc3Cl)cn2)cc1. The van der Waals surface area contributed by atoms with Crippen LogP contribution in [0.2, 0.25) is 5.02 Å². The van der Waals surface area contributed by atoms with Crippen LogP contribution in [-0.4, -0.2) is 41.1 Å². The van der Waals surface area contributed by atoms with E-state index in [9.17, 15) is 4.79 Å². The van der Waals surface area contributed by atoms with Crippen LogP contribution >= 0.6 is 11.6 Å². The topological polar surface area (TPSA) is 89.5 Å². The maximum Gasteiger partial charge on any atom is 0.271 e. The Balaban J connectivity index is 1.35. The van der Waals surface area contributed by atoms with Gasteiger partial charge in [0.2, 0.25) is 11.8 Å². The van der Waals surface area contributed by atoms with Gasteiger partial charge in [0.15, 0.2) is 5.69 Å². The second-order valence-corrected chi connectivity index (χ2v) is 7.43. The predicted octanol–water partition coefficient (Wildman–Crippen LogP) is 3.86. The number of ether oxygens (including phenoxy) is 2. The fraction of sp³-hybridized carbons (Fsp3) is 0.273. The highest BCUT2D eigenvalue weighted by molar-refractivity contribution is 6.33. The van der Waals surface area contributed by atoms with Crippen molar-refractivity contribution in [3.63, 3.8) is 0 Å². The van der Waals surface area contributed by atoms with Gasteiger partial charge in [0.25, 0.3) is 5.91 Å². The van der Waals surface area contributed by atoms with Gasteiger partial charge in [-0.05, 0) is 42.7 Å². The van der Waals surface area contributed by atoms with Gasteiger partial charge in [-0.25, -0.2) is 15.0 Å². The first-order valence-corrected chi connectivity index (χ1v) is 10.3. The third-order valence-corrected chi connectivity index (χ3v) is 5.14. The summed E-state index contributed by atoms with van der Waals surface area (Å²) in [4.78, 5) is 27.6. The molecule has 8 nitrogen and oxygen atoms in total. The number of anilines is 1. The van der Waals surface area contributed by atoms with Gasteiger partial charge in [-0.15, -0.1) is 0 Å². The smallest absolute Gasteiger partial charge is 0.271 e. The van der Waals surface area contributed by atoms with Gasteiger partial charge >= 0.3 is 0 Å². The second-order valence-electron chi connectivity index (χ2n) is 7.03. The summed E-state index contributed by atoms with van der Waals surface area (Å²) in [6.07, 6.45) is 5.32. The molecular formula is C22H22ClN5O3. The van der Waals surface area contributed by atoms with Gasteiger partial charge < -0.3 is 19.7 Å². The van der Waals surface area contributed by atoms with Gasteiger partial charge in [0, 0.05) is 31.9 Å². The third kappa shape index (κ3) is 5.21. The van der Waals surface area contributed by atoms with Crippen molar-refractivity contribution in [3.8, 4) is 17.4 Å². The number of nitrogens with one attached hydrogen (secondary N) is 1. The molecule has 9 heteroatoms. The van der Waals surface area contributed by atoms with E-state index in [4.69, 9.17) is 21.1 Å². The lowest BCUT2D eigenvalue weighted by atomic mass is 10.2. The highest BCUT2D eigenvalue weighted by Crippen LogP contribution is 2.23. The molecule has 0 spiro atoms. The number of aromatic nitrogens is 3. The molecule has 3 aromatic rings. The minimum absolute atomic E-state index is 0.172. The fourth-order valence-corrected chi connectivity index (χ4v) is 3.37. The molecule has 2 aromatic heterocycles. The minimum atomic E-state index is -0.355. The maximum absolute atomic E-state index is 12.6. The number of nitrogens with zero attached hydrogens (tertiary/aromatic N) is 4. The Bertz CT molecular complexity index is 1040. The minimum Gasteiger partial charge on any atom is -0.497 e. The summed E-state index contributed by atoms with van der Waals surface area (Å²) < 4.78 is 10.8. The molecule has 0 saturated carbocycles. The van der Waals surface area contributed by atoms with Crippen molar-refractivity contribution in [2.75, 3.05) is 25.1 Å². The number of benzene rings is 1. The number of amides is 1. The van der Waals surface area contributed by atoms with Gasteiger partial charge in [0.05, 0.1) is 18.3 Å². The lowest BCUT2D eigenvalue weighted by Crippen LogP contribution is -2.26. The molecule has 0 unspecified atom stereocenters. The van der Waals surface area contributed by atoms with E-state index >= 15 is 0 Å². The summed E-state index contributed by atoms with van der Waals surface area (Å²) in [6.45, 7) is 2.06. The van der Waals surface area contributed by atoms with Crippen molar-refractivity contribution in [3.05, 3.63) is 65.1 Å². The number of hydrogen-bond acceptors (Lipinski definition) is 7. The zero-order valence-electron chi connectivity index (χ0n) is 17.0. The molecule has 0 atom stereocenters. The first-order chi connectivity index (χ1) is 15.1. The molecule has 1 fully saturated rings. The average Bonchev–Trinajstić information content (AvgIpc) is 3.34. The number of hydrogen-bond donors (Lipinski definition) is 1. The van der Waals surface area contributed by atoms with Gasteiger partial charge in [-0.3, -0.25) is 4.79 Å². The first-order valence-electron chi connectivity index (χ1n) is 9.95. The zero-order valence-corrected chi connectivity index (χ0v) is 17.8. The van der Waals surface area contributed by atoms with E-state index in [1.807, 2.05) is 18.2 Å². The van der Waals surface area contributed by atoms with Gasteiger partial charge in [0.1, 0.15) is 11.5 Å². The van der Waals surface area contributed by atoms with Crippen molar-refractivity contribution in [1.82, 2.24) is 20.3 Å². The molecule has 1 aliphatic rings. The van der Waals surface area contributed by atoms with Crippen LogP contribution in [0.5, 0.6) is 17.4 Å². The number of halogens is 1. The van der Waals surface area contributed by atoms with Crippen LogP contribution in [0.4, 0.5) is 5.95 Å². The highest BCUT2D eigenvalue weighted by atomic mass is 35.5. The molecule has 1 aromatic carbocycles. The Hall–Kier alpha value is -3.39. The van der Waals surface area contributed by atoms with E-state index in [-0.39, 0.29) is 23.2 Å². The quantitative estimate of drug-likeness (QED) is 0.597. The van der Waals surface area contributed by atoms with E-state index < -0.39 is 0 Å². The summed E-state index contributed by atoms with van der Waals surface area (Å²) in [5.41, 5.74) is 0.992. The van der Waals surface area contributed by atoms with Gasteiger partial charge in [-0.2, -0.15) is 0 Å². The van der Waals surface area contributed by atoms with Gasteiger partial charge in [-0.1, -0.05) is 17.7 Å². The zero-order chi connectivity index (χ0) is 21.6. The van der Waals surface area contributed by atoms with E-state index in [1.54, 1.807) is 31.5 Å². The summed E-state index contributed by atoms with van der Waals surface area (Å²) in [6, 6.07) is 10.8. The molecule has 1 N–H and O–H groups in total. The molecule has 3 heterocycles. The van der Waals surface area contributed by atoms with Crippen molar-refractivity contribution < 1.29 is 14.3 Å². The normalized spacial score (nSPS) is 13.2. The molecule has 0 aliphatic carbocycles. The van der Waals surface area contributed by atoms with E-state index in [0.29, 0.717) is 17.6 Å². The summed E-state index contributed by atoms with van der Waals surface area (Å²) in [7, 11) is 1.61. The van der Waals surface area contributed by atoms with E-state index in [0.717, 1.165) is 37.2 Å². The fourth-order valence-electron chi connectivity index (χ4n) is 3.19. The monoisotopic (exact) mass is 439 g/mol. The number of carbonyl (C=O) groups is 1. The van der Waals surface area contributed by atoms with Crippen LogP contribution < -0.4 is 19.7 Å². The molecule has 0 bridgehead atoms. The van der Waals surface area contributed by atoms with Crippen LogP contribution in [-0.2, 0) is 6.54 Å².